The van der Waals surface area contributed by atoms with Gasteiger partial charge in [0.25, 0.3) is 5.91 Å². The molecule has 2 aromatic carbocycles. The van der Waals surface area contributed by atoms with Crippen molar-refractivity contribution in [1.29, 1.82) is 0 Å². The summed E-state index contributed by atoms with van der Waals surface area (Å²) >= 11 is 3.32. The van der Waals surface area contributed by atoms with Crippen molar-refractivity contribution in [3.05, 3.63) is 53.0 Å². The van der Waals surface area contributed by atoms with Crippen molar-refractivity contribution in [3.8, 4) is 5.75 Å². The molecule has 0 radical (unpaired) electrons. The van der Waals surface area contributed by atoms with Gasteiger partial charge in [0.1, 0.15) is 5.75 Å². The fourth-order valence-corrected chi connectivity index (χ4v) is 1.96. The lowest BCUT2D eigenvalue weighted by Crippen LogP contribution is -2.21. The topological polar surface area (TPSA) is 93.5 Å². The minimum atomic E-state index is -0.665. The molecule has 0 aliphatic carbocycles. The summed E-state index contributed by atoms with van der Waals surface area (Å²) in [7, 11) is 0. The van der Waals surface area contributed by atoms with E-state index in [9.17, 15) is 9.59 Å². The maximum Gasteiger partial charge on any atom is 0.316 e. The van der Waals surface area contributed by atoms with Gasteiger partial charge in [0.2, 0.25) is 0 Å². The van der Waals surface area contributed by atoms with Crippen molar-refractivity contribution in [2.45, 2.75) is 0 Å². The highest BCUT2D eigenvalue weighted by Crippen LogP contribution is 2.17. The van der Waals surface area contributed by atoms with Crippen LogP contribution in [0.5, 0.6) is 5.75 Å². The van der Waals surface area contributed by atoms with Crippen molar-refractivity contribution in [1.82, 2.24) is 0 Å². The molecule has 0 bridgehead atoms. The fourth-order valence-electron chi connectivity index (χ4n) is 1.69. The lowest BCUT2D eigenvalue weighted by atomic mass is 10.2. The molecule has 0 saturated carbocycles. The highest BCUT2D eigenvalue weighted by atomic mass is 79.9. The van der Waals surface area contributed by atoms with E-state index in [1.165, 1.54) is 0 Å². The maximum absolute atomic E-state index is 11.8. The van der Waals surface area contributed by atoms with Gasteiger partial charge >= 0.3 is 6.03 Å². The van der Waals surface area contributed by atoms with Crippen LogP contribution in [0.15, 0.2) is 53.0 Å². The Bertz CT molecular complexity index is 674. The summed E-state index contributed by atoms with van der Waals surface area (Å²) in [5.41, 5.74) is 6.07. The Hall–Kier alpha value is -2.54. The lowest BCUT2D eigenvalue weighted by molar-refractivity contribution is -0.118. The number of hydrogen-bond acceptors (Lipinski definition) is 3. The largest absolute Gasteiger partial charge is 0.484 e. The van der Waals surface area contributed by atoms with E-state index < -0.39 is 6.03 Å². The summed E-state index contributed by atoms with van der Waals surface area (Å²) in [5, 5.41) is 5.11. The third-order valence-electron chi connectivity index (χ3n) is 2.60. The minimum Gasteiger partial charge on any atom is -0.484 e. The number of hydrogen-bond donors (Lipinski definition) is 3. The van der Waals surface area contributed by atoms with Crippen molar-refractivity contribution in [2.75, 3.05) is 17.2 Å². The van der Waals surface area contributed by atoms with Crippen molar-refractivity contribution < 1.29 is 14.3 Å². The second-order valence-electron chi connectivity index (χ2n) is 4.36. The second kappa shape index (κ2) is 7.46. The van der Waals surface area contributed by atoms with Crippen molar-refractivity contribution in [3.63, 3.8) is 0 Å². The highest BCUT2D eigenvalue weighted by Gasteiger charge is 2.05. The molecule has 6 nitrogen and oxygen atoms in total. The van der Waals surface area contributed by atoms with E-state index in [1.54, 1.807) is 36.4 Å². The first-order valence-corrected chi connectivity index (χ1v) is 7.17. The van der Waals surface area contributed by atoms with Crippen LogP contribution in [-0.4, -0.2) is 18.5 Å². The molecule has 0 heterocycles. The number of rotatable bonds is 5. The number of halogens is 1. The first-order chi connectivity index (χ1) is 10.5. The van der Waals surface area contributed by atoms with E-state index in [4.69, 9.17) is 10.5 Å². The predicted molar refractivity (Wildman–Crippen MR) is 87.9 cm³/mol. The van der Waals surface area contributed by atoms with Crippen molar-refractivity contribution in [2.24, 2.45) is 5.73 Å². The van der Waals surface area contributed by atoms with Gasteiger partial charge in [-0.05, 0) is 42.5 Å². The zero-order valence-electron chi connectivity index (χ0n) is 11.5. The summed E-state index contributed by atoms with van der Waals surface area (Å²) < 4.78 is 6.30. The summed E-state index contributed by atoms with van der Waals surface area (Å²) in [6.45, 7) is -0.116. The van der Waals surface area contributed by atoms with Crippen molar-refractivity contribution >= 4 is 39.2 Å². The molecule has 7 heteroatoms. The standard InChI is InChI=1S/C15H14BrN3O3/c16-10-4-6-13(7-5-10)22-9-14(20)18-11-2-1-3-12(8-11)19-15(17)21/h1-8H,9H2,(H,18,20)(H3,17,19,21). The molecule has 22 heavy (non-hydrogen) atoms. The average molecular weight is 364 g/mol. The molecule has 3 amide bonds. The Morgan fingerprint density at radius 2 is 1.68 bits per heavy atom. The minimum absolute atomic E-state index is 0.116. The number of carbonyl (C=O) groups excluding carboxylic acids is 2. The van der Waals surface area contributed by atoms with Gasteiger partial charge in [-0.15, -0.1) is 0 Å². The molecule has 4 N–H and O–H groups in total. The molecule has 0 aliphatic rings. The summed E-state index contributed by atoms with van der Waals surface area (Å²) in [6.07, 6.45) is 0. The van der Waals surface area contributed by atoms with Crippen LogP contribution < -0.4 is 21.1 Å². The molecular weight excluding hydrogens is 350 g/mol. The molecule has 0 saturated heterocycles. The van der Waals surface area contributed by atoms with Gasteiger partial charge in [-0.25, -0.2) is 4.79 Å². The third kappa shape index (κ3) is 5.10. The number of carbonyl (C=O) groups is 2. The molecule has 0 spiro atoms. The number of benzene rings is 2. The Kier molecular flexibility index (Phi) is 5.37. The number of urea groups is 1. The van der Waals surface area contributed by atoms with Gasteiger partial charge in [-0.2, -0.15) is 0 Å². The molecule has 0 aliphatic heterocycles. The van der Waals surface area contributed by atoms with Crippen LogP contribution in [0.25, 0.3) is 0 Å². The average Bonchev–Trinajstić information content (AvgIpc) is 2.46. The van der Waals surface area contributed by atoms with Gasteiger partial charge in [-0.3, -0.25) is 4.79 Å². The first-order valence-electron chi connectivity index (χ1n) is 6.37. The van der Waals surface area contributed by atoms with Crippen LogP contribution in [0.3, 0.4) is 0 Å². The van der Waals surface area contributed by atoms with Crippen LogP contribution in [-0.2, 0) is 4.79 Å². The molecule has 114 valence electrons. The lowest BCUT2D eigenvalue weighted by Gasteiger charge is -2.09. The molecule has 2 aromatic rings. The summed E-state index contributed by atoms with van der Waals surface area (Å²) in [5.74, 6) is 0.293. The number of amides is 3. The number of ether oxygens (including phenoxy) is 1. The third-order valence-corrected chi connectivity index (χ3v) is 3.13. The Balaban J connectivity index is 1.89. The maximum atomic E-state index is 11.8. The first kappa shape index (κ1) is 15.8. The summed E-state index contributed by atoms with van der Waals surface area (Å²) in [6, 6.07) is 13.2. The highest BCUT2D eigenvalue weighted by molar-refractivity contribution is 9.10. The van der Waals surface area contributed by atoms with Crippen LogP contribution in [0, 0.1) is 0 Å². The van der Waals surface area contributed by atoms with Crippen LogP contribution in [0.2, 0.25) is 0 Å². The molecule has 2 rings (SSSR count). The Morgan fingerprint density at radius 1 is 1.05 bits per heavy atom. The van der Waals surface area contributed by atoms with Crippen LogP contribution in [0.4, 0.5) is 16.2 Å². The van der Waals surface area contributed by atoms with E-state index >= 15 is 0 Å². The second-order valence-corrected chi connectivity index (χ2v) is 5.28. The normalized spacial score (nSPS) is 9.86. The Labute approximate surface area is 135 Å². The van der Waals surface area contributed by atoms with E-state index in [1.807, 2.05) is 12.1 Å². The SMILES string of the molecule is NC(=O)Nc1cccc(NC(=O)COc2ccc(Br)cc2)c1. The molecule has 0 unspecified atom stereocenters. The van der Waals surface area contributed by atoms with Gasteiger partial charge < -0.3 is 21.1 Å². The fraction of sp³-hybridized carbons (Fsp3) is 0.0667. The summed E-state index contributed by atoms with van der Waals surface area (Å²) in [4.78, 5) is 22.6. The van der Waals surface area contributed by atoms with Gasteiger partial charge in [-0.1, -0.05) is 22.0 Å². The monoisotopic (exact) mass is 363 g/mol. The number of nitrogens with two attached hydrogens (primary N) is 1. The smallest absolute Gasteiger partial charge is 0.316 e. The predicted octanol–water partition coefficient (Wildman–Crippen LogP) is 2.96. The zero-order valence-corrected chi connectivity index (χ0v) is 13.1. The van der Waals surface area contributed by atoms with E-state index in [0.29, 0.717) is 17.1 Å². The number of anilines is 2. The molecule has 0 aromatic heterocycles. The molecule has 0 fully saturated rings. The van der Waals surface area contributed by atoms with E-state index in [2.05, 4.69) is 26.6 Å². The number of nitrogens with one attached hydrogen (secondary N) is 2. The molecule has 0 atom stereocenters. The van der Waals surface area contributed by atoms with Crippen LogP contribution >= 0.6 is 15.9 Å². The van der Waals surface area contributed by atoms with E-state index in [0.717, 1.165) is 4.47 Å². The zero-order chi connectivity index (χ0) is 15.9. The quantitative estimate of drug-likeness (QED) is 0.762. The van der Waals surface area contributed by atoms with Gasteiger partial charge in [0, 0.05) is 15.8 Å². The van der Waals surface area contributed by atoms with Crippen LogP contribution in [0.1, 0.15) is 0 Å². The number of primary amides is 1. The Morgan fingerprint density at radius 3 is 2.32 bits per heavy atom. The van der Waals surface area contributed by atoms with Gasteiger partial charge in [0.05, 0.1) is 0 Å². The van der Waals surface area contributed by atoms with E-state index in [-0.39, 0.29) is 12.5 Å². The molecular formula is C15H14BrN3O3. The van der Waals surface area contributed by atoms with Gasteiger partial charge in [0.15, 0.2) is 6.61 Å².